The minimum absolute atomic E-state index is 0.253. The number of nitrogens with two attached hydrogens (primary N) is 2. The highest BCUT2D eigenvalue weighted by Crippen LogP contribution is 2.07. The molecule has 0 heterocycles. The molecule has 4 heteroatoms. The van der Waals surface area contributed by atoms with Gasteiger partial charge >= 0.3 is 0 Å². The zero-order valence-electron chi connectivity index (χ0n) is 7.62. The Hall–Kier alpha value is -1.55. The molecule has 1 aromatic rings. The van der Waals surface area contributed by atoms with E-state index in [0.29, 0.717) is 6.54 Å². The highest BCUT2D eigenvalue weighted by molar-refractivity contribution is 5.77. The van der Waals surface area contributed by atoms with Crippen LogP contribution in [0.25, 0.3) is 0 Å². The number of hydrogen-bond donors (Lipinski definition) is 3. The van der Waals surface area contributed by atoms with Crippen molar-refractivity contribution in [3.8, 4) is 0 Å². The highest BCUT2D eigenvalue weighted by atomic mass is 15.3. The summed E-state index contributed by atoms with van der Waals surface area (Å²) >= 11 is 0. The summed E-state index contributed by atoms with van der Waals surface area (Å²) in [6.45, 7) is 2.60. The van der Waals surface area contributed by atoms with Crippen LogP contribution >= 0.6 is 0 Å². The maximum atomic E-state index is 5.38. The molecular weight excluding hydrogens is 164 g/mol. The van der Waals surface area contributed by atoms with Crippen LogP contribution in [0.1, 0.15) is 11.1 Å². The Labute approximate surface area is 77.6 Å². The Morgan fingerprint density at radius 1 is 1.46 bits per heavy atom. The summed E-state index contributed by atoms with van der Waals surface area (Å²) in [7, 11) is 0. The van der Waals surface area contributed by atoms with E-state index in [4.69, 9.17) is 11.6 Å². The summed E-state index contributed by atoms with van der Waals surface area (Å²) in [5.74, 6) is 5.32. The maximum Gasteiger partial charge on any atom is 0.203 e. The van der Waals surface area contributed by atoms with Crippen LogP contribution < -0.4 is 17.0 Å². The first-order valence-electron chi connectivity index (χ1n) is 4.05. The van der Waals surface area contributed by atoms with Crippen LogP contribution in [0.3, 0.4) is 0 Å². The summed E-state index contributed by atoms with van der Waals surface area (Å²) in [6, 6.07) is 8.02. The van der Waals surface area contributed by atoms with Gasteiger partial charge in [-0.3, -0.25) is 5.43 Å². The fourth-order valence-corrected chi connectivity index (χ4v) is 1.00. The molecule has 0 aliphatic heterocycles. The van der Waals surface area contributed by atoms with Gasteiger partial charge in [-0.15, -0.1) is 0 Å². The van der Waals surface area contributed by atoms with Gasteiger partial charge in [0.15, 0.2) is 0 Å². The number of benzene rings is 1. The van der Waals surface area contributed by atoms with Crippen LogP contribution in [-0.2, 0) is 6.54 Å². The molecule has 0 bridgehead atoms. The molecule has 0 spiro atoms. The number of nitrogens with zero attached hydrogens (tertiary/aromatic N) is 1. The monoisotopic (exact) mass is 178 g/mol. The molecule has 0 aliphatic rings. The van der Waals surface area contributed by atoms with Gasteiger partial charge < -0.3 is 5.73 Å². The summed E-state index contributed by atoms with van der Waals surface area (Å²) in [4.78, 5) is 4.03. The Morgan fingerprint density at radius 3 is 2.77 bits per heavy atom. The van der Waals surface area contributed by atoms with Gasteiger partial charge in [0.2, 0.25) is 5.96 Å². The van der Waals surface area contributed by atoms with E-state index in [-0.39, 0.29) is 5.96 Å². The third-order valence-electron chi connectivity index (χ3n) is 1.83. The van der Waals surface area contributed by atoms with E-state index >= 15 is 0 Å². The van der Waals surface area contributed by atoms with Crippen LogP contribution in [0.4, 0.5) is 0 Å². The Morgan fingerprint density at radius 2 is 2.15 bits per heavy atom. The van der Waals surface area contributed by atoms with E-state index < -0.39 is 0 Å². The van der Waals surface area contributed by atoms with Gasteiger partial charge in [0, 0.05) is 0 Å². The average Bonchev–Trinajstić information content (AvgIpc) is 2.16. The molecule has 1 aromatic carbocycles. The summed E-state index contributed by atoms with van der Waals surface area (Å²) in [6.07, 6.45) is 0. The Bertz CT molecular complexity index is 306. The second kappa shape index (κ2) is 4.47. The number of rotatable bonds is 2. The van der Waals surface area contributed by atoms with Crippen molar-refractivity contribution in [1.82, 2.24) is 5.43 Å². The number of aryl methyl sites for hydroxylation is 1. The highest BCUT2D eigenvalue weighted by Gasteiger charge is 1.94. The zero-order chi connectivity index (χ0) is 9.68. The lowest BCUT2D eigenvalue weighted by Crippen LogP contribution is -2.37. The molecule has 5 N–H and O–H groups in total. The molecule has 70 valence electrons. The number of guanidine groups is 1. The van der Waals surface area contributed by atoms with E-state index in [1.54, 1.807) is 0 Å². The number of nitrogens with one attached hydrogen (secondary N) is 1. The lowest BCUT2D eigenvalue weighted by molar-refractivity contribution is 0.953. The number of hydrogen-bond acceptors (Lipinski definition) is 2. The predicted molar refractivity (Wildman–Crippen MR) is 53.8 cm³/mol. The van der Waals surface area contributed by atoms with E-state index in [2.05, 4.69) is 10.4 Å². The quantitative estimate of drug-likeness (QED) is 0.263. The topological polar surface area (TPSA) is 76.4 Å². The molecule has 0 saturated heterocycles. The minimum atomic E-state index is 0.253. The molecule has 0 unspecified atom stereocenters. The predicted octanol–water partition coefficient (Wildman–Crippen LogP) is 0.273. The van der Waals surface area contributed by atoms with Crippen LogP contribution in [0, 0.1) is 6.92 Å². The third-order valence-corrected chi connectivity index (χ3v) is 1.83. The first-order chi connectivity index (χ1) is 6.24. The van der Waals surface area contributed by atoms with Gasteiger partial charge in [-0.2, -0.15) is 0 Å². The minimum Gasteiger partial charge on any atom is -0.369 e. The molecule has 0 saturated carbocycles. The molecule has 0 aromatic heterocycles. The van der Waals surface area contributed by atoms with Crippen molar-refractivity contribution in [3.05, 3.63) is 35.4 Å². The molecule has 0 aliphatic carbocycles. The van der Waals surface area contributed by atoms with Gasteiger partial charge in [0.1, 0.15) is 0 Å². The summed E-state index contributed by atoms with van der Waals surface area (Å²) in [5, 5.41) is 0. The van der Waals surface area contributed by atoms with Crippen LogP contribution in [0.15, 0.2) is 29.3 Å². The summed E-state index contributed by atoms with van der Waals surface area (Å²) in [5.41, 5.74) is 10.0. The van der Waals surface area contributed by atoms with Crippen molar-refractivity contribution in [2.24, 2.45) is 16.6 Å². The van der Waals surface area contributed by atoms with Crippen LogP contribution in [0.2, 0.25) is 0 Å². The largest absolute Gasteiger partial charge is 0.369 e. The third kappa shape index (κ3) is 2.76. The smallest absolute Gasteiger partial charge is 0.203 e. The normalized spacial score (nSPS) is 11.4. The fourth-order valence-electron chi connectivity index (χ4n) is 1.00. The molecule has 0 fully saturated rings. The van der Waals surface area contributed by atoms with Crippen molar-refractivity contribution in [3.63, 3.8) is 0 Å². The van der Waals surface area contributed by atoms with Gasteiger partial charge in [0.25, 0.3) is 0 Å². The first-order valence-corrected chi connectivity index (χ1v) is 4.05. The van der Waals surface area contributed by atoms with Crippen molar-refractivity contribution < 1.29 is 0 Å². The Balaban J connectivity index is 2.70. The van der Waals surface area contributed by atoms with Gasteiger partial charge in [0.05, 0.1) is 6.54 Å². The van der Waals surface area contributed by atoms with Crippen molar-refractivity contribution in [2.75, 3.05) is 0 Å². The lowest BCUT2D eigenvalue weighted by atomic mass is 10.1. The summed E-state index contributed by atoms with van der Waals surface area (Å²) < 4.78 is 0. The van der Waals surface area contributed by atoms with Crippen molar-refractivity contribution >= 4 is 5.96 Å². The number of hydrazine groups is 1. The second-order valence-electron chi connectivity index (χ2n) is 2.77. The molecule has 0 radical (unpaired) electrons. The first kappa shape index (κ1) is 9.54. The van der Waals surface area contributed by atoms with E-state index in [9.17, 15) is 0 Å². The molecule has 13 heavy (non-hydrogen) atoms. The van der Waals surface area contributed by atoms with Crippen molar-refractivity contribution in [1.29, 1.82) is 0 Å². The van der Waals surface area contributed by atoms with Crippen molar-refractivity contribution in [2.45, 2.75) is 13.5 Å². The maximum absolute atomic E-state index is 5.38. The average molecular weight is 178 g/mol. The second-order valence-corrected chi connectivity index (χ2v) is 2.77. The molecule has 0 amide bonds. The van der Waals surface area contributed by atoms with Gasteiger partial charge in [-0.25, -0.2) is 10.8 Å². The molecule has 0 atom stereocenters. The van der Waals surface area contributed by atoms with Gasteiger partial charge in [-0.1, -0.05) is 24.3 Å². The Kier molecular flexibility index (Phi) is 3.28. The SMILES string of the molecule is Cc1ccccc1CN=C(N)NN. The van der Waals surface area contributed by atoms with E-state index in [1.807, 2.05) is 31.2 Å². The molecule has 4 nitrogen and oxygen atoms in total. The molecule has 1 rings (SSSR count). The molecular formula is C9H14N4. The standard InChI is InChI=1S/C9H14N4/c1-7-4-2-3-5-8(7)6-12-9(10)13-11/h2-5H,6,11H2,1H3,(H3,10,12,13). The zero-order valence-corrected chi connectivity index (χ0v) is 7.62. The van der Waals surface area contributed by atoms with Crippen LogP contribution in [-0.4, -0.2) is 5.96 Å². The number of aliphatic imine (C=N–C) groups is 1. The van der Waals surface area contributed by atoms with Gasteiger partial charge in [-0.05, 0) is 18.1 Å². The van der Waals surface area contributed by atoms with E-state index in [0.717, 1.165) is 5.56 Å². The lowest BCUT2D eigenvalue weighted by Gasteiger charge is -2.02. The fraction of sp³-hybridized carbons (Fsp3) is 0.222. The van der Waals surface area contributed by atoms with E-state index in [1.165, 1.54) is 5.56 Å². The van der Waals surface area contributed by atoms with Crippen LogP contribution in [0.5, 0.6) is 0 Å².